The van der Waals surface area contributed by atoms with Crippen LogP contribution in [0, 0.1) is 0 Å². The van der Waals surface area contributed by atoms with Gasteiger partial charge in [0.2, 0.25) is 0 Å². The summed E-state index contributed by atoms with van der Waals surface area (Å²) < 4.78 is 6.85. The predicted molar refractivity (Wildman–Crippen MR) is 75.1 cm³/mol. The van der Waals surface area contributed by atoms with Crippen molar-refractivity contribution in [1.29, 1.82) is 0 Å². The second-order valence-corrected chi connectivity index (χ2v) is 4.52. The number of nitrogens with two attached hydrogens (primary N) is 1. The molecule has 19 heavy (non-hydrogen) atoms. The van der Waals surface area contributed by atoms with Gasteiger partial charge >= 0.3 is 5.76 Å². The standard InChI is InChI=1S/C15H14N2O2/c1-10(11-6-3-2-4-7-11)17-14-12(16)8-5-9-13(14)19-15(17)18/h2-10H,16H2,1H3. The highest BCUT2D eigenvalue weighted by Gasteiger charge is 2.17. The van der Waals surface area contributed by atoms with Crippen LogP contribution < -0.4 is 11.5 Å². The minimum Gasteiger partial charge on any atom is -0.408 e. The summed E-state index contributed by atoms with van der Waals surface area (Å²) in [7, 11) is 0. The van der Waals surface area contributed by atoms with E-state index in [1.807, 2.05) is 37.3 Å². The van der Waals surface area contributed by atoms with E-state index < -0.39 is 0 Å². The van der Waals surface area contributed by atoms with E-state index in [4.69, 9.17) is 10.2 Å². The van der Waals surface area contributed by atoms with Gasteiger partial charge in [-0.1, -0.05) is 36.4 Å². The van der Waals surface area contributed by atoms with Crippen LogP contribution in [0.1, 0.15) is 18.5 Å². The topological polar surface area (TPSA) is 61.2 Å². The van der Waals surface area contributed by atoms with Gasteiger partial charge in [-0.15, -0.1) is 0 Å². The maximum absolute atomic E-state index is 12.0. The molecule has 0 aliphatic rings. The largest absolute Gasteiger partial charge is 0.420 e. The molecule has 3 aromatic rings. The smallest absolute Gasteiger partial charge is 0.408 e. The average Bonchev–Trinajstić information content (AvgIpc) is 2.76. The molecule has 1 atom stereocenters. The third kappa shape index (κ3) is 1.81. The summed E-state index contributed by atoms with van der Waals surface area (Å²) >= 11 is 0. The number of aromatic nitrogens is 1. The number of oxazole rings is 1. The van der Waals surface area contributed by atoms with Gasteiger partial charge in [-0.05, 0) is 24.6 Å². The first kappa shape index (κ1) is 11.6. The second kappa shape index (κ2) is 4.31. The van der Waals surface area contributed by atoms with Crippen molar-refractivity contribution in [3.8, 4) is 0 Å². The summed E-state index contributed by atoms with van der Waals surface area (Å²) in [5.41, 5.74) is 8.73. The lowest BCUT2D eigenvalue weighted by molar-refractivity contribution is 0.490. The van der Waals surface area contributed by atoms with Crippen molar-refractivity contribution in [3.63, 3.8) is 0 Å². The molecule has 0 fully saturated rings. The number of nitrogen functional groups attached to an aromatic ring is 1. The average molecular weight is 254 g/mol. The number of hydrogen-bond acceptors (Lipinski definition) is 3. The molecule has 4 nitrogen and oxygen atoms in total. The van der Waals surface area contributed by atoms with Gasteiger partial charge < -0.3 is 10.2 Å². The predicted octanol–water partition coefficient (Wildman–Crippen LogP) is 2.79. The minimum absolute atomic E-state index is 0.125. The second-order valence-electron chi connectivity index (χ2n) is 4.52. The Labute approximate surface area is 110 Å². The summed E-state index contributed by atoms with van der Waals surface area (Å²) in [5, 5.41) is 0. The number of nitrogens with zero attached hydrogens (tertiary/aromatic N) is 1. The fourth-order valence-electron chi connectivity index (χ4n) is 2.35. The van der Waals surface area contributed by atoms with Crippen LogP contribution >= 0.6 is 0 Å². The first-order chi connectivity index (χ1) is 9.18. The Morgan fingerprint density at radius 2 is 1.84 bits per heavy atom. The zero-order valence-corrected chi connectivity index (χ0v) is 10.5. The number of anilines is 1. The van der Waals surface area contributed by atoms with Gasteiger partial charge in [-0.2, -0.15) is 0 Å². The van der Waals surface area contributed by atoms with E-state index in [0.717, 1.165) is 5.56 Å². The van der Waals surface area contributed by atoms with Crippen LogP contribution in [0.3, 0.4) is 0 Å². The number of rotatable bonds is 2. The quantitative estimate of drug-likeness (QED) is 0.715. The molecule has 0 aliphatic carbocycles. The van der Waals surface area contributed by atoms with Crippen molar-refractivity contribution >= 4 is 16.8 Å². The SMILES string of the molecule is CC(c1ccccc1)n1c(=O)oc2cccc(N)c21. The molecule has 3 rings (SSSR count). The Kier molecular flexibility index (Phi) is 2.63. The lowest BCUT2D eigenvalue weighted by Crippen LogP contribution is -2.19. The molecule has 0 radical (unpaired) electrons. The zero-order chi connectivity index (χ0) is 13.4. The van der Waals surface area contributed by atoms with E-state index in [-0.39, 0.29) is 11.8 Å². The maximum Gasteiger partial charge on any atom is 0.420 e. The van der Waals surface area contributed by atoms with Crippen LogP contribution in [-0.4, -0.2) is 4.57 Å². The highest BCUT2D eigenvalue weighted by molar-refractivity contribution is 5.85. The fourth-order valence-corrected chi connectivity index (χ4v) is 2.35. The van der Waals surface area contributed by atoms with Crippen LogP contribution in [0.15, 0.2) is 57.7 Å². The maximum atomic E-state index is 12.0. The highest BCUT2D eigenvalue weighted by Crippen LogP contribution is 2.25. The van der Waals surface area contributed by atoms with Crippen LogP contribution in [0.4, 0.5) is 5.69 Å². The Balaban J connectivity index is 2.26. The summed E-state index contributed by atoms with van der Waals surface area (Å²) in [5.74, 6) is -0.385. The summed E-state index contributed by atoms with van der Waals surface area (Å²) in [6, 6.07) is 15.0. The summed E-state index contributed by atoms with van der Waals surface area (Å²) in [6.45, 7) is 1.96. The normalized spacial score (nSPS) is 12.7. The Bertz CT molecular complexity index is 772. The van der Waals surface area contributed by atoms with Crippen LogP contribution in [0.2, 0.25) is 0 Å². The van der Waals surface area contributed by atoms with Gasteiger partial charge in [-0.3, -0.25) is 4.57 Å². The molecule has 1 unspecified atom stereocenters. The fraction of sp³-hybridized carbons (Fsp3) is 0.133. The summed E-state index contributed by atoms with van der Waals surface area (Å²) in [6.07, 6.45) is 0. The third-order valence-corrected chi connectivity index (χ3v) is 3.33. The molecule has 0 saturated carbocycles. The lowest BCUT2D eigenvalue weighted by Gasteiger charge is -2.13. The van der Waals surface area contributed by atoms with Crippen LogP contribution in [0.5, 0.6) is 0 Å². The molecule has 1 aromatic heterocycles. The van der Waals surface area contributed by atoms with E-state index >= 15 is 0 Å². The molecular formula is C15H14N2O2. The monoisotopic (exact) mass is 254 g/mol. The molecule has 0 amide bonds. The van der Waals surface area contributed by atoms with Crippen molar-refractivity contribution < 1.29 is 4.42 Å². The molecule has 0 spiro atoms. The molecule has 0 saturated heterocycles. The molecule has 2 aromatic carbocycles. The Hall–Kier alpha value is -2.49. The van der Waals surface area contributed by atoms with E-state index in [2.05, 4.69) is 0 Å². The van der Waals surface area contributed by atoms with Gasteiger partial charge in [0, 0.05) is 0 Å². The third-order valence-electron chi connectivity index (χ3n) is 3.33. The zero-order valence-electron chi connectivity index (χ0n) is 10.5. The Morgan fingerprint density at radius 1 is 1.11 bits per heavy atom. The van der Waals surface area contributed by atoms with Crippen molar-refractivity contribution in [2.24, 2.45) is 0 Å². The van der Waals surface area contributed by atoms with Gasteiger partial charge in [0.05, 0.1) is 11.7 Å². The number of para-hydroxylation sites is 1. The van der Waals surface area contributed by atoms with E-state index in [1.165, 1.54) is 0 Å². The summed E-state index contributed by atoms with van der Waals surface area (Å²) in [4.78, 5) is 12.0. The molecule has 2 N–H and O–H groups in total. The number of hydrogen-bond donors (Lipinski definition) is 1. The van der Waals surface area contributed by atoms with Crippen molar-refractivity contribution in [2.75, 3.05) is 5.73 Å². The van der Waals surface area contributed by atoms with Gasteiger partial charge in [-0.25, -0.2) is 4.79 Å². The van der Waals surface area contributed by atoms with Gasteiger partial charge in [0.15, 0.2) is 5.58 Å². The van der Waals surface area contributed by atoms with E-state index in [0.29, 0.717) is 16.8 Å². The van der Waals surface area contributed by atoms with Crippen molar-refractivity contribution in [3.05, 3.63) is 64.6 Å². The molecule has 1 heterocycles. The van der Waals surface area contributed by atoms with Crippen molar-refractivity contribution in [1.82, 2.24) is 4.57 Å². The van der Waals surface area contributed by atoms with Crippen molar-refractivity contribution in [2.45, 2.75) is 13.0 Å². The number of benzene rings is 2. The molecule has 4 heteroatoms. The molecule has 96 valence electrons. The number of fused-ring (bicyclic) bond motifs is 1. The lowest BCUT2D eigenvalue weighted by atomic mass is 10.1. The van der Waals surface area contributed by atoms with E-state index in [9.17, 15) is 4.79 Å². The first-order valence-corrected chi connectivity index (χ1v) is 6.13. The van der Waals surface area contributed by atoms with Gasteiger partial charge in [0.1, 0.15) is 5.52 Å². The highest BCUT2D eigenvalue weighted by atomic mass is 16.4. The molecule has 0 bridgehead atoms. The Morgan fingerprint density at radius 3 is 2.58 bits per heavy atom. The van der Waals surface area contributed by atoms with Crippen LogP contribution in [0.25, 0.3) is 11.1 Å². The first-order valence-electron chi connectivity index (χ1n) is 6.13. The van der Waals surface area contributed by atoms with Crippen LogP contribution in [-0.2, 0) is 0 Å². The minimum atomic E-state index is -0.385. The van der Waals surface area contributed by atoms with E-state index in [1.54, 1.807) is 22.8 Å². The molecule has 0 aliphatic heterocycles. The van der Waals surface area contributed by atoms with Gasteiger partial charge in [0.25, 0.3) is 0 Å². The molecular weight excluding hydrogens is 240 g/mol.